The molecule has 1 unspecified atom stereocenters. The molecule has 1 aromatic carbocycles. The number of rotatable bonds is 3. The number of para-hydroxylation sites is 1. The molecule has 0 saturated heterocycles. The fourth-order valence-corrected chi connectivity index (χ4v) is 1.63. The molecule has 1 aliphatic rings. The van der Waals surface area contributed by atoms with Crippen molar-refractivity contribution in [2.75, 3.05) is 5.73 Å². The maximum absolute atomic E-state index is 11.5. The third-order valence-electron chi connectivity index (χ3n) is 2.72. The van der Waals surface area contributed by atoms with Crippen molar-refractivity contribution < 1.29 is 4.79 Å². The van der Waals surface area contributed by atoms with E-state index in [2.05, 4.69) is 10.6 Å². The van der Waals surface area contributed by atoms with Gasteiger partial charge in [0.2, 0.25) is 0 Å². The van der Waals surface area contributed by atoms with Gasteiger partial charge in [-0.1, -0.05) is 18.2 Å². The van der Waals surface area contributed by atoms with Crippen LogP contribution in [0.15, 0.2) is 24.3 Å². The molecule has 4 heteroatoms. The lowest BCUT2D eigenvalue weighted by molar-refractivity contribution is 0.237. The van der Waals surface area contributed by atoms with Crippen molar-refractivity contribution in [1.29, 1.82) is 0 Å². The molecule has 0 radical (unpaired) electrons. The van der Waals surface area contributed by atoms with Crippen molar-refractivity contribution in [2.45, 2.75) is 31.8 Å². The minimum atomic E-state index is -0.113. The smallest absolute Gasteiger partial charge is 0.315 e. The lowest BCUT2D eigenvalue weighted by Crippen LogP contribution is -2.38. The quantitative estimate of drug-likeness (QED) is 0.678. The predicted octanol–water partition coefficient (Wildman–Crippen LogP) is 1.79. The van der Waals surface area contributed by atoms with Crippen molar-refractivity contribution in [3.05, 3.63) is 29.8 Å². The normalized spacial score (nSPS) is 16.6. The molecule has 0 spiro atoms. The van der Waals surface area contributed by atoms with E-state index in [9.17, 15) is 4.79 Å². The number of hydrogen-bond acceptors (Lipinski definition) is 2. The van der Waals surface area contributed by atoms with Crippen LogP contribution in [0, 0.1) is 0 Å². The first-order valence-corrected chi connectivity index (χ1v) is 5.58. The Morgan fingerprint density at radius 1 is 1.44 bits per heavy atom. The molecule has 0 aliphatic heterocycles. The van der Waals surface area contributed by atoms with Crippen molar-refractivity contribution in [2.24, 2.45) is 0 Å². The molecule has 4 nitrogen and oxygen atoms in total. The predicted molar refractivity (Wildman–Crippen MR) is 64.0 cm³/mol. The topological polar surface area (TPSA) is 67.2 Å². The largest absolute Gasteiger partial charge is 0.398 e. The van der Waals surface area contributed by atoms with Gasteiger partial charge < -0.3 is 16.4 Å². The summed E-state index contributed by atoms with van der Waals surface area (Å²) in [6.45, 7) is 1.93. The van der Waals surface area contributed by atoms with Crippen LogP contribution in [-0.2, 0) is 0 Å². The van der Waals surface area contributed by atoms with Gasteiger partial charge in [0, 0.05) is 11.7 Å². The summed E-state index contributed by atoms with van der Waals surface area (Å²) in [7, 11) is 0. The number of amides is 2. The second-order valence-electron chi connectivity index (χ2n) is 4.24. The van der Waals surface area contributed by atoms with Crippen molar-refractivity contribution in [3.63, 3.8) is 0 Å². The maximum Gasteiger partial charge on any atom is 0.315 e. The summed E-state index contributed by atoms with van der Waals surface area (Å²) in [6.07, 6.45) is 2.19. The minimum Gasteiger partial charge on any atom is -0.398 e. The van der Waals surface area contributed by atoms with E-state index < -0.39 is 0 Å². The molecule has 86 valence electrons. The Hall–Kier alpha value is -1.71. The molecule has 0 aromatic heterocycles. The highest BCUT2D eigenvalue weighted by Crippen LogP contribution is 2.20. The highest BCUT2D eigenvalue weighted by Gasteiger charge is 2.23. The highest BCUT2D eigenvalue weighted by molar-refractivity contribution is 5.75. The van der Waals surface area contributed by atoms with Crippen LogP contribution < -0.4 is 16.4 Å². The van der Waals surface area contributed by atoms with Gasteiger partial charge in [-0.25, -0.2) is 4.79 Å². The molecule has 1 saturated carbocycles. The monoisotopic (exact) mass is 219 g/mol. The number of nitrogens with one attached hydrogen (secondary N) is 2. The molecule has 16 heavy (non-hydrogen) atoms. The lowest BCUT2D eigenvalue weighted by Gasteiger charge is -2.16. The Kier molecular flexibility index (Phi) is 2.99. The number of anilines is 1. The highest BCUT2D eigenvalue weighted by atomic mass is 16.2. The van der Waals surface area contributed by atoms with Crippen LogP contribution in [0.1, 0.15) is 31.4 Å². The van der Waals surface area contributed by atoms with Crippen LogP contribution in [0.5, 0.6) is 0 Å². The van der Waals surface area contributed by atoms with Crippen molar-refractivity contribution in [1.82, 2.24) is 10.6 Å². The number of carbonyl (C=O) groups excluding carboxylic acids is 1. The van der Waals surface area contributed by atoms with Gasteiger partial charge in [0.25, 0.3) is 0 Å². The van der Waals surface area contributed by atoms with E-state index in [1.807, 2.05) is 31.2 Å². The van der Waals surface area contributed by atoms with Gasteiger partial charge in [-0.3, -0.25) is 0 Å². The van der Waals surface area contributed by atoms with Crippen LogP contribution in [0.4, 0.5) is 10.5 Å². The van der Waals surface area contributed by atoms with Crippen LogP contribution in [-0.4, -0.2) is 12.1 Å². The van der Waals surface area contributed by atoms with Crippen LogP contribution >= 0.6 is 0 Å². The zero-order valence-electron chi connectivity index (χ0n) is 9.36. The molecule has 1 fully saturated rings. The summed E-state index contributed by atoms with van der Waals surface area (Å²) in [5.41, 5.74) is 7.50. The second-order valence-corrected chi connectivity index (χ2v) is 4.24. The Labute approximate surface area is 95.2 Å². The summed E-state index contributed by atoms with van der Waals surface area (Å²) in [4.78, 5) is 11.5. The van der Waals surface area contributed by atoms with Crippen molar-refractivity contribution >= 4 is 11.7 Å². The third kappa shape index (κ3) is 2.66. The average Bonchev–Trinajstić information content (AvgIpc) is 3.01. The standard InChI is InChI=1S/C12H17N3O/c1-8(10-4-2-3-5-11(10)13)14-12(16)15-9-6-7-9/h2-5,8-9H,6-7,13H2,1H3,(H2,14,15,16). The van der Waals surface area contributed by atoms with Gasteiger partial charge in [0.05, 0.1) is 6.04 Å². The Balaban J connectivity index is 1.93. The Morgan fingerprint density at radius 2 is 2.12 bits per heavy atom. The fraction of sp³-hybridized carbons (Fsp3) is 0.417. The molecule has 2 amide bonds. The first kappa shape index (κ1) is 10.8. The number of benzene rings is 1. The van der Waals surface area contributed by atoms with E-state index >= 15 is 0 Å². The number of nitrogens with two attached hydrogens (primary N) is 1. The zero-order valence-corrected chi connectivity index (χ0v) is 9.36. The molecular weight excluding hydrogens is 202 g/mol. The fourth-order valence-electron chi connectivity index (χ4n) is 1.63. The molecule has 1 aliphatic carbocycles. The SMILES string of the molecule is CC(NC(=O)NC1CC1)c1ccccc1N. The molecule has 2 rings (SSSR count). The van der Waals surface area contributed by atoms with Gasteiger partial charge in [0.1, 0.15) is 0 Å². The van der Waals surface area contributed by atoms with E-state index in [0.717, 1.165) is 18.4 Å². The summed E-state index contributed by atoms with van der Waals surface area (Å²) in [5, 5.41) is 5.76. The van der Waals surface area contributed by atoms with E-state index in [0.29, 0.717) is 11.7 Å². The van der Waals surface area contributed by atoms with Gasteiger partial charge in [-0.2, -0.15) is 0 Å². The van der Waals surface area contributed by atoms with Crippen molar-refractivity contribution in [3.8, 4) is 0 Å². The summed E-state index contributed by atoms with van der Waals surface area (Å²) in [6, 6.07) is 7.76. The summed E-state index contributed by atoms with van der Waals surface area (Å²) >= 11 is 0. The molecule has 0 bridgehead atoms. The zero-order chi connectivity index (χ0) is 11.5. The van der Waals surface area contributed by atoms with Gasteiger partial charge in [0.15, 0.2) is 0 Å². The first-order valence-electron chi connectivity index (χ1n) is 5.58. The molecule has 1 aromatic rings. The number of hydrogen-bond donors (Lipinski definition) is 3. The van der Waals surface area contributed by atoms with E-state index in [1.165, 1.54) is 0 Å². The van der Waals surface area contributed by atoms with Crippen LogP contribution in [0.2, 0.25) is 0 Å². The number of urea groups is 1. The molecule has 1 atom stereocenters. The molecule has 0 heterocycles. The summed E-state index contributed by atoms with van der Waals surface area (Å²) in [5.74, 6) is 0. The van der Waals surface area contributed by atoms with Gasteiger partial charge in [-0.05, 0) is 31.4 Å². The lowest BCUT2D eigenvalue weighted by atomic mass is 10.1. The Morgan fingerprint density at radius 3 is 2.75 bits per heavy atom. The molecule has 4 N–H and O–H groups in total. The average molecular weight is 219 g/mol. The Bertz CT molecular complexity index is 388. The summed E-state index contributed by atoms with van der Waals surface area (Å²) < 4.78 is 0. The van der Waals surface area contributed by atoms with Gasteiger partial charge in [-0.15, -0.1) is 0 Å². The van der Waals surface area contributed by atoms with E-state index in [1.54, 1.807) is 0 Å². The number of nitrogen functional groups attached to an aromatic ring is 1. The van der Waals surface area contributed by atoms with E-state index in [4.69, 9.17) is 5.73 Å². The number of carbonyl (C=O) groups is 1. The van der Waals surface area contributed by atoms with E-state index in [-0.39, 0.29) is 12.1 Å². The first-order chi connectivity index (χ1) is 7.66. The second kappa shape index (κ2) is 4.43. The van der Waals surface area contributed by atoms with Gasteiger partial charge >= 0.3 is 6.03 Å². The minimum absolute atomic E-state index is 0.0695. The third-order valence-corrected chi connectivity index (χ3v) is 2.72. The van der Waals surface area contributed by atoms with Crippen LogP contribution in [0.25, 0.3) is 0 Å². The van der Waals surface area contributed by atoms with Crippen LogP contribution in [0.3, 0.4) is 0 Å². The molecular formula is C12H17N3O. The maximum atomic E-state index is 11.5.